The van der Waals surface area contributed by atoms with E-state index in [1.54, 1.807) is 26.4 Å². The van der Waals surface area contributed by atoms with Gasteiger partial charge in [-0.3, -0.25) is 4.79 Å². The first-order valence-corrected chi connectivity index (χ1v) is 10.9. The van der Waals surface area contributed by atoms with Gasteiger partial charge in [0.25, 0.3) is 0 Å². The summed E-state index contributed by atoms with van der Waals surface area (Å²) in [7, 11) is 3.21. The Morgan fingerprint density at radius 2 is 1.55 bits per heavy atom. The summed E-state index contributed by atoms with van der Waals surface area (Å²) in [6.07, 6.45) is 0.813. The Kier molecular flexibility index (Phi) is 6.79. The number of methoxy groups -OCH3 is 2. The van der Waals surface area contributed by atoms with Gasteiger partial charge in [-0.1, -0.05) is 60.7 Å². The lowest BCUT2D eigenvalue weighted by Crippen LogP contribution is -2.29. The highest BCUT2D eigenvalue weighted by Gasteiger charge is 2.22. The van der Waals surface area contributed by atoms with Crippen molar-refractivity contribution < 1.29 is 19.4 Å². The monoisotopic (exact) mass is 441 g/mol. The Labute approximate surface area is 193 Å². The van der Waals surface area contributed by atoms with Crippen LogP contribution in [0.2, 0.25) is 0 Å². The number of phenols is 1. The lowest BCUT2D eigenvalue weighted by molar-refractivity contribution is -0.121. The molecule has 0 fully saturated rings. The van der Waals surface area contributed by atoms with E-state index in [4.69, 9.17) is 9.47 Å². The van der Waals surface area contributed by atoms with Crippen LogP contribution in [0, 0.1) is 0 Å². The first kappa shape index (κ1) is 22.2. The van der Waals surface area contributed by atoms with Gasteiger partial charge in [-0.2, -0.15) is 0 Å². The lowest BCUT2D eigenvalue weighted by atomic mass is 9.92. The van der Waals surface area contributed by atoms with Gasteiger partial charge in [0.15, 0.2) is 0 Å². The van der Waals surface area contributed by atoms with E-state index < -0.39 is 6.04 Å². The molecule has 33 heavy (non-hydrogen) atoms. The van der Waals surface area contributed by atoms with Crippen LogP contribution >= 0.6 is 0 Å². The van der Waals surface area contributed by atoms with Gasteiger partial charge in [0.2, 0.25) is 5.91 Å². The summed E-state index contributed by atoms with van der Waals surface area (Å²) in [6, 6.07) is 26.3. The van der Waals surface area contributed by atoms with Crippen molar-refractivity contribution in [2.75, 3.05) is 14.2 Å². The molecule has 0 spiro atoms. The largest absolute Gasteiger partial charge is 0.508 e. The molecule has 5 nitrogen and oxygen atoms in total. The van der Waals surface area contributed by atoms with Crippen LogP contribution < -0.4 is 14.8 Å². The molecular weight excluding hydrogens is 414 g/mol. The van der Waals surface area contributed by atoms with Gasteiger partial charge >= 0.3 is 0 Å². The topological polar surface area (TPSA) is 67.8 Å². The van der Waals surface area contributed by atoms with Gasteiger partial charge in [0, 0.05) is 18.1 Å². The number of fused-ring (bicyclic) bond motifs is 1. The summed E-state index contributed by atoms with van der Waals surface area (Å²) in [5, 5.41) is 15.9. The number of ether oxygens (including phenoxy) is 2. The Balaban J connectivity index is 1.62. The Bertz CT molecular complexity index is 1230. The molecule has 2 N–H and O–H groups in total. The second-order valence-electron chi connectivity index (χ2n) is 7.85. The first-order chi connectivity index (χ1) is 16.1. The summed E-state index contributed by atoms with van der Waals surface area (Å²) >= 11 is 0. The standard InChI is InChI=1S/C28H27NO4/c1-32-22-16-19(17-23(18-22)33-2)12-15-26(31)29-28(21-9-4-3-5-10-21)27-24-11-7-6-8-20(24)13-14-25(27)30/h3-11,13-14,16-18,28,30H,12,15H2,1-2H3,(H,29,31). The number of aromatic hydroxyl groups is 1. The van der Waals surface area contributed by atoms with E-state index >= 15 is 0 Å². The van der Waals surface area contributed by atoms with Gasteiger partial charge in [-0.15, -0.1) is 0 Å². The van der Waals surface area contributed by atoms with Crippen molar-refractivity contribution in [2.24, 2.45) is 0 Å². The smallest absolute Gasteiger partial charge is 0.221 e. The van der Waals surface area contributed by atoms with E-state index in [0.29, 0.717) is 23.5 Å². The second kappa shape index (κ2) is 10.1. The summed E-state index contributed by atoms with van der Waals surface area (Å²) in [6.45, 7) is 0. The number of hydrogen-bond acceptors (Lipinski definition) is 4. The van der Waals surface area contributed by atoms with Crippen LogP contribution in [0.25, 0.3) is 10.8 Å². The third kappa shape index (κ3) is 5.09. The Morgan fingerprint density at radius 1 is 0.879 bits per heavy atom. The maximum absolute atomic E-state index is 13.1. The van der Waals surface area contributed by atoms with Crippen molar-refractivity contribution in [1.82, 2.24) is 5.32 Å². The van der Waals surface area contributed by atoms with Gasteiger partial charge in [-0.05, 0) is 46.5 Å². The fraction of sp³-hybridized carbons (Fsp3) is 0.179. The predicted octanol–water partition coefficient (Wildman–Crippen LogP) is 5.40. The molecule has 5 heteroatoms. The predicted molar refractivity (Wildman–Crippen MR) is 130 cm³/mol. The summed E-state index contributed by atoms with van der Waals surface area (Å²) in [4.78, 5) is 13.1. The third-order valence-electron chi connectivity index (χ3n) is 5.73. The zero-order valence-corrected chi connectivity index (χ0v) is 18.7. The lowest BCUT2D eigenvalue weighted by Gasteiger charge is -2.23. The molecular formula is C28H27NO4. The van der Waals surface area contributed by atoms with E-state index in [-0.39, 0.29) is 18.1 Å². The van der Waals surface area contributed by atoms with Gasteiger partial charge in [0.1, 0.15) is 17.2 Å². The second-order valence-corrected chi connectivity index (χ2v) is 7.85. The molecule has 4 aromatic rings. The number of aryl methyl sites for hydroxylation is 1. The van der Waals surface area contributed by atoms with Crippen LogP contribution in [0.3, 0.4) is 0 Å². The fourth-order valence-corrected chi connectivity index (χ4v) is 4.06. The Morgan fingerprint density at radius 3 is 2.24 bits per heavy atom. The van der Waals surface area contributed by atoms with Crippen LogP contribution in [0.5, 0.6) is 17.2 Å². The fourth-order valence-electron chi connectivity index (χ4n) is 4.06. The molecule has 0 heterocycles. The molecule has 168 valence electrons. The van der Waals surface area contributed by atoms with Crippen molar-refractivity contribution in [3.8, 4) is 17.2 Å². The van der Waals surface area contributed by atoms with Crippen molar-refractivity contribution in [1.29, 1.82) is 0 Å². The molecule has 0 aliphatic rings. The zero-order chi connectivity index (χ0) is 23.2. The summed E-state index contributed by atoms with van der Waals surface area (Å²) < 4.78 is 10.7. The summed E-state index contributed by atoms with van der Waals surface area (Å²) in [5.41, 5.74) is 2.54. The minimum absolute atomic E-state index is 0.113. The number of carbonyl (C=O) groups is 1. The minimum Gasteiger partial charge on any atom is -0.508 e. The van der Waals surface area contributed by atoms with E-state index in [1.165, 1.54) is 0 Å². The van der Waals surface area contributed by atoms with Crippen molar-refractivity contribution in [3.63, 3.8) is 0 Å². The number of carbonyl (C=O) groups excluding carboxylic acids is 1. The maximum Gasteiger partial charge on any atom is 0.221 e. The van der Waals surface area contributed by atoms with Crippen LogP contribution in [0.1, 0.15) is 29.2 Å². The molecule has 1 amide bonds. The highest BCUT2D eigenvalue weighted by molar-refractivity contribution is 5.89. The average Bonchev–Trinajstić information content (AvgIpc) is 2.86. The van der Waals surface area contributed by atoms with Gasteiger partial charge in [0.05, 0.1) is 20.3 Å². The van der Waals surface area contributed by atoms with Crippen molar-refractivity contribution >= 4 is 16.7 Å². The number of rotatable bonds is 8. The molecule has 0 radical (unpaired) electrons. The molecule has 0 saturated carbocycles. The first-order valence-electron chi connectivity index (χ1n) is 10.9. The number of hydrogen-bond donors (Lipinski definition) is 2. The van der Waals surface area contributed by atoms with Gasteiger partial charge in [-0.25, -0.2) is 0 Å². The molecule has 4 aromatic carbocycles. The molecule has 0 bridgehead atoms. The molecule has 0 aliphatic heterocycles. The third-order valence-corrected chi connectivity index (χ3v) is 5.73. The Hall–Kier alpha value is -3.99. The molecule has 0 aliphatic carbocycles. The quantitative estimate of drug-likeness (QED) is 0.384. The highest BCUT2D eigenvalue weighted by atomic mass is 16.5. The van der Waals surface area contributed by atoms with Crippen molar-refractivity contribution in [2.45, 2.75) is 18.9 Å². The van der Waals surface area contributed by atoms with Gasteiger partial charge < -0.3 is 19.9 Å². The minimum atomic E-state index is -0.482. The number of phenolic OH excluding ortho intramolecular Hbond substituents is 1. The van der Waals surface area contributed by atoms with E-state index in [2.05, 4.69) is 5.32 Å². The summed E-state index contributed by atoms with van der Waals surface area (Å²) in [5.74, 6) is 1.42. The van der Waals surface area contributed by atoms with Crippen LogP contribution in [0.4, 0.5) is 0 Å². The normalized spacial score (nSPS) is 11.7. The van der Waals surface area contributed by atoms with Crippen LogP contribution in [0.15, 0.2) is 84.9 Å². The van der Waals surface area contributed by atoms with Crippen LogP contribution in [-0.4, -0.2) is 25.2 Å². The van der Waals surface area contributed by atoms with Crippen LogP contribution in [-0.2, 0) is 11.2 Å². The van der Waals surface area contributed by atoms with E-state index in [9.17, 15) is 9.90 Å². The maximum atomic E-state index is 13.1. The highest BCUT2D eigenvalue weighted by Crippen LogP contribution is 2.36. The van der Waals surface area contributed by atoms with E-state index in [1.807, 2.05) is 72.8 Å². The molecule has 0 saturated heterocycles. The molecule has 1 unspecified atom stereocenters. The zero-order valence-electron chi connectivity index (χ0n) is 18.7. The number of amides is 1. The average molecular weight is 442 g/mol. The number of nitrogens with one attached hydrogen (secondary N) is 1. The van der Waals surface area contributed by atoms with Crippen molar-refractivity contribution in [3.05, 3.63) is 102 Å². The molecule has 0 aromatic heterocycles. The molecule has 1 atom stereocenters. The molecule has 4 rings (SSSR count). The van der Waals surface area contributed by atoms with E-state index in [0.717, 1.165) is 21.9 Å². The SMILES string of the molecule is COc1cc(CCC(=O)NC(c2ccccc2)c2c(O)ccc3ccccc23)cc(OC)c1. The number of benzene rings is 4.